The van der Waals surface area contributed by atoms with Gasteiger partial charge < -0.3 is 18.1 Å². The standard InChI is InChI=1S/C40H28N2O.C27H27BO3.C19H13BrN2/c1-40(2)33-13-7-6-12-29(33)30-23-32-31-22-27(20-21-37(31)43-38(32)24-34(30)40)25-16-18-26(19-17-25)39-41-35-14-8-9-15-36(35)42(39)28-10-4-3-5-11-28;1-25(2)21-10-8-7-9-17(21)18-14-20-19-13-16(28-30-26(3,4)27(5,6)31-28)11-12-23(19)29-24(20)15-22(18)25;20-15-12-10-14(11-13-15)19-21-17-8-4-5-9-18(17)22(19)16-6-2-1-3-7-16/h3-24H,1-2H3;7-15H,1-6H3;1-13H. The molecular weight excluding hydrogens is 1240 g/mol. The second-order valence-corrected chi connectivity index (χ2v) is 28.6. The van der Waals surface area contributed by atoms with E-state index in [1.54, 1.807) is 0 Å². The third kappa shape index (κ3) is 9.70. The Kier molecular flexibility index (Phi) is 13.9. The summed E-state index contributed by atoms with van der Waals surface area (Å²) in [5, 5.41) is 4.55. The normalized spacial score (nSPS) is 15.2. The number of fused-ring (bicyclic) bond motifs is 14. The summed E-state index contributed by atoms with van der Waals surface area (Å²) in [7, 11) is -0.381. The highest BCUT2D eigenvalue weighted by molar-refractivity contribution is 9.10. The van der Waals surface area contributed by atoms with Crippen molar-refractivity contribution in [3.05, 3.63) is 294 Å². The molecular formula is C86H68BBrN4O4. The minimum absolute atomic E-state index is 0.0348. The van der Waals surface area contributed by atoms with Crippen molar-refractivity contribution in [2.24, 2.45) is 0 Å². The Balaban J connectivity index is 0.000000115. The summed E-state index contributed by atoms with van der Waals surface area (Å²) in [6.07, 6.45) is 0. The molecule has 0 amide bonds. The molecule has 5 heterocycles. The fourth-order valence-corrected chi connectivity index (χ4v) is 15.1. The SMILES string of the molecule is Brc1ccc(-c2nc3ccccc3n2-c2ccccc2)cc1.CC1(C)c2ccccc2-c2cc3c(cc21)oc1ccc(-c2ccc(-c4nc5ccccc5n4-c4ccccc4)cc2)cc13.CC1(C)c2ccccc2-c2cc3c(cc21)oc1ccc(B2OC(C)(C)C(C)(C)O2)cc13. The molecule has 466 valence electrons. The van der Waals surface area contributed by atoms with Gasteiger partial charge in [0.05, 0.1) is 33.3 Å². The van der Waals surface area contributed by atoms with Crippen molar-refractivity contribution in [1.29, 1.82) is 0 Å². The van der Waals surface area contributed by atoms with E-state index in [1.165, 1.54) is 50.1 Å². The molecule has 0 saturated carbocycles. The molecule has 10 heteroatoms. The molecule has 8 nitrogen and oxygen atoms in total. The van der Waals surface area contributed by atoms with E-state index in [4.69, 9.17) is 28.1 Å². The average molecular weight is 1310 g/mol. The Morgan fingerprint density at radius 2 is 0.729 bits per heavy atom. The van der Waals surface area contributed by atoms with Crippen molar-refractivity contribution in [2.75, 3.05) is 0 Å². The number of nitrogens with zero attached hydrogens (tertiary/aromatic N) is 4. The summed E-state index contributed by atoms with van der Waals surface area (Å²) in [5.74, 6) is 1.90. The third-order valence-corrected chi connectivity index (χ3v) is 21.2. The lowest BCUT2D eigenvalue weighted by Crippen LogP contribution is -2.41. The minimum Gasteiger partial charge on any atom is -0.456 e. The van der Waals surface area contributed by atoms with E-state index in [1.807, 2.05) is 42.5 Å². The molecule has 0 N–H and O–H groups in total. The average Bonchev–Trinajstić information content (AvgIpc) is 1.57. The predicted octanol–water partition coefficient (Wildman–Crippen LogP) is 22.2. The van der Waals surface area contributed by atoms with Gasteiger partial charge in [-0.3, -0.25) is 9.13 Å². The van der Waals surface area contributed by atoms with Crippen LogP contribution in [0.2, 0.25) is 0 Å². The lowest BCUT2D eigenvalue weighted by Gasteiger charge is -2.32. The van der Waals surface area contributed by atoms with Crippen LogP contribution < -0.4 is 5.46 Å². The molecule has 0 spiro atoms. The maximum Gasteiger partial charge on any atom is 0.494 e. The molecule has 12 aromatic carbocycles. The van der Waals surface area contributed by atoms with Crippen molar-refractivity contribution in [2.45, 2.75) is 77.4 Å². The fourth-order valence-electron chi connectivity index (χ4n) is 14.8. The summed E-state index contributed by atoms with van der Waals surface area (Å²) in [4.78, 5) is 9.87. The zero-order valence-corrected chi connectivity index (χ0v) is 56.4. The Hall–Kier alpha value is -10.4. The first-order valence-electron chi connectivity index (χ1n) is 33.0. The van der Waals surface area contributed by atoms with Crippen LogP contribution in [0.15, 0.2) is 280 Å². The molecule has 19 rings (SSSR count). The molecule has 0 unspecified atom stereocenters. The van der Waals surface area contributed by atoms with Crippen LogP contribution in [0.25, 0.3) is 133 Å². The van der Waals surface area contributed by atoms with Crippen molar-refractivity contribution < 1.29 is 18.1 Å². The van der Waals surface area contributed by atoms with Gasteiger partial charge in [-0.25, -0.2) is 9.97 Å². The van der Waals surface area contributed by atoms with Crippen LogP contribution in [-0.2, 0) is 20.1 Å². The maximum atomic E-state index is 6.41. The van der Waals surface area contributed by atoms with E-state index >= 15 is 0 Å². The molecule has 2 aliphatic carbocycles. The summed E-state index contributed by atoms with van der Waals surface area (Å²) < 4.78 is 30.8. The van der Waals surface area contributed by atoms with Gasteiger partial charge in [-0.15, -0.1) is 0 Å². The van der Waals surface area contributed by atoms with Crippen LogP contribution in [0.1, 0.15) is 77.6 Å². The summed E-state index contributed by atoms with van der Waals surface area (Å²) in [5.41, 5.74) is 25.5. The highest BCUT2D eigenvalue weighted by atomic mass is 79.9. The van der Waals surface area contributed by atoms with Gasteiger partial charge in [0.1, 0.15) is 34.0 Å². The van der Waals surface area contributed by atoms with Gasteiger partial charge in [0.2, 0.25) is 0 Å². The maximum absolute atomic E-state index is 6.41. The molecule has 1 saturated heterocycles. The number of para-hydroxylation sites is 6. The largest absolute Gasteiger partial charge is 0.494 e. The number of imidazole rings is 2. The van der Waals surface area contributed by atoms with E-state index in [-0.39, 0.29) is 29.2 Å². The zero-order chi connectivity index (χ0) is 65.4. The number of halogens is 1. The monoisotopic (exact) mass is 1310 g/mol. The smallest absolute Gasteiger partial charge is 0.456 e. The predicted molar refractivity (Wildman–Crippen MR) is 398 cm³/mol. The first-order chi connectivity index (χ1) is 46.5. The van der Waals surface area contributed by atoms with Crippen molar-refractivity contribution in [3.63, 3.8) is 0 Å². The Morgan fingerprint density at radius 3 is 1.23 bits per heavy atom. The van der Waals surface area contributed by atoms with Crippen molar-refractivity contribution in [3.8, 4) is 67.5 Å². The first-order valence-corrected chi connectivity index (χ1v) is 33.8. The van der Waals surface area contributed by atoms with Crippen LogP contribution in [-0.4, -0.2) is 37.4 Å². The molecule has 0 radical (unpaired) electrons. The van der Waals surface area contributed by atoms with Gasteiger partial charge in [0.15, 0.2) is 0 Å². The van der Waals surface area contributed by atoms with E-state index in [9.17, 15) is 0 Å². The fraction of sp³-hybridized carbons (Fsp3) is 0.140. The molecule has 3 aliphatic rings. The second-order valence-electron chi connectivity index (χ2n) is 27.7. The van der Waals surface area contributed by atoms with Crippen LogP contribution in [0.5, 0.6) is 0 Å². The Labute approximate surface area is 566 Å². The molecule has 1 fully saturated rings. The Morgan fingerprint density at radius 1 is 0.333 bits per heavy atom. The number of benzene rings is 12. The van der Waals surface area contributed by atoms with E-state index < -0.39 is 0 Å². The first kappa shape index (κ1) is 59.4. The lowest BCUT2D eigenvalue weighted by molar-refractivity contribution is 0.00578. The molecule has 0 atom stereocenters. The lowest BCUT2D eigenvalue weighted by atomic mass is 9.78. The highest BCUT2D eigenvalue weighted by Crippen LogP contribution is 2.53. The quantitative estimate of drug-likeness (QED) is 0.154. The minimum atomic E-state index is -0.381. The Bertz CT molecular complexity index is 5730. The summed E-state index contributed by atoms with van der Waals surface area (Å²) in [6.45, 7) is 17.5. The molecule has 96 heavy (non-hydrogen) atoms. The highest BCUT2D eigenvalue weighted by Gasteiger charge is 2.52. The summed E-state index contributed by atoms with van der Waals surface area (Å²) in [6, 6.07) is 93.8. The topological polar surface area (TPSA) is 80.4 Å². The van der Waals surface area contributed by atoms with Gasteiger partial charge in [-0.2, -0.15) is 0 Å². The van der Waals surface area contributed by atoms with Crippen LogP contribution in [0.4, 0.5) is 0 Å². The molecule has 0 bridgehead atoms. The third-order valence-electron chi connectivity index (χ3n) is 20.6. The van der Waals surface area contributed by atoms with Gasteiger partial charge >= 0.3 is 7.12 Å². The number of furan rings is 2. The van der Waals surface area contributed by atoms with Gasteiger partial charge in [0, 0.05) is 59.3 Å². The van der Waals surface area contributed by atoms with Crippen LogP contribution in [0.3, 0.4) is 0 Å². The van der Waals surface area contributed by atoms with Crippen molar-refractivity contribution in [1.82, 2.24) is 19.1 Å². The number of hydrogen-bond donors (Lipinski definition) is 0. The number of rotatable bonds is 6. The summed E-state index contributed by atoms with van der Waals surface area (Å²) >= 11 is 3.49. The van der Waals surface area contributed by atoms with Crippen LogP contribution in [0, 0.1) is 0 Å². The number of aromatic nitrogens is 4. The van der Waals surface area contributed by atoms with Crippen LogP contribution >= 0.6 is 15.9 Å². The van der Waals surface area contributed by atoms with E-state index in [2.05, 4.69) is 305 Å². The van der Waals surface area contributed by atoms with E-state index in [0.29, 0.717) is 0 Å². The number of hydrogen-bond acceptors (Lipinski definition) is 6. The van der Waals surface area contributed by atoms with Gasteiger partial charge in [0.25, 0.3) is 0 Å². The van der Waals surface area contributed by atoms with Crippen molar-refractivity contribution >= 4 is 94.5 Å². The zero-order valence-electron chi connectivity index (χ0n) is 54.8. The second kappa shape index (κ2) is 22.4. The van der Waals surface area contributed by atoms with Gasteiger partial charge in [-0.1, -0.05) is 207 Å². The van der Waals surface area contributed by atoms with E-state index in [0.717, 1.165) is 116 Å². The molecule has 16 aromatic rings. The van der Waals surface area contributed by atoms with Gasteiger partial charge in [-0.05, 0) is 192 Å². The molecule has 1 aliphatic heterocycles. The molecule has 4 aromatic heterocycles.